The van der Waals surface area contributed by atoms with Crippen LogP contribution in [0.2, 0.25) is 0 Å². The molecule has 0 spiro atoms. The molecule has 2 N–H and O–H groups in total. The fourth-order valence-electron chi connectivity index (χ4n) is 3.96. The number of ether oxygens (including phenoxy) is 1. The van der Waals surface area contributed by atoms with Gasteiger partial charge in [-0.05, 0) is 70.3 Å². The van der Waals surface area contributed by atoms with E-state index in [9.17, 15) is 9.59 Å². The van der Waals surface area contributed by atoms with Crippen molar-refractivity contribution in [1.29, 1.82) is 0 Å². The molecule has 0 aromatic heterocycles. The summed E-state index contributed by atoms with van der Waals surface area (Å²) in [6, 6.07) is 7.49. The molecular weight excluding hydrogens is 354 g/mol. The van der Waals surface area contributed by atoms with Gasteiger partial charge in [-0.1, -0.05) is 11.6 Å². The normalized spacial score (nSPS) is 22.4. The Hall–Kier alpha value is -2.34. The summed E-state index contributed by atoms with van der Waals surface area (Å²) in [5, 5.41) is 6.21. The van der Waals surface area contributed by atoms with Crippen LogP contribution < -0.4 is 15.4 Å². The van der Waals surface area contributed by atoms with Gasteiger partial charge in [-0.15, -0.1) is 0 Å². The molecule has 0 bridgehead atoms. The van der Waals surface area contributed by atoms with E-state index >= 15 is 0 Å². The maximum absolute atomic E-state index is 12.5. The quantitative estimate of drug-likeness (QED) is 0.738. The predicted octanol–water partition coefficient (Wildman–Crippen LogP) is 2.50. The minimum Gasteiger partial charge on any atom is -0.484 e. The number of likely N-dealkylation sites (tertiary alicyclic amines) is 1. The van der Waals surface area contributed by atoms with Gasteiger partial charge in [0.2, 0.25) is 0 Å². The molecule has 2 amide bonds. The Labute approximate surface area is 167 Å². The highest BCUT2D eigenvalue weighted by Gasteiger charge is 2.28. The maximum atomic E-state index is 12.5. The van der Waals surface area contributed by atoms with Gasteiger partial charge in [0.1, 0.15) is 5.75 Å². The minimum atomic E-state index is -0.0991. The molecule has 2 aliphatic heterocycles. The van der Waals surface area contributed by atoms with Gasteiger partial charge in [0.05, 0.1) is 0 Å². The van der Waals surface area contributed by atoms with Crippen LogP contribution in [0.15, 0.2) is 35.9 Å². The number of benzene rings is 1. The van der Waals surface area contributed by atoms with Crippen molar-refractivity contribution in [1.82, 2.24) is 15.5 Å². The summed E-state index contributed by atoms with van der Waals surface area (Å²) < 4.78 is 5.67. The highest BCUT2D eigenvalue weighted by molar-refractivity contribution is 5.94. The van der Waals surface area contributed by atoms with Crippen LogP contribution in [-0.4, -0.2) is 55.0 Å². The van der Waals surface area contributed by atoms with Gasteiger partial charge in [-0.2, -0.15) is 0 Å². The third kappa shape index (κ3) is 5.35. The Morgan fingerprint density at radius 1 is 1.18 bits per heavy atom. The van der Waals surface area contributed by atoms with Gasteiger partial charge >= 0.3 is 0 Å². The molecule has 2 atom stereocenters. The fourth-order valence-corrected chi connectivity index (χ4v) is 3.96. The molecule has 3 rings (SSSR count). The number of hydrogen-bond donors (Lipinski definition) is 2. The van der Waals surface area contributed by atoms with Crippen LogP contribution >= 0.6 is 0 Å². The summed E-state index contributed by atoms with van der Waals surface area (Å²) in [7, 11) is 0. The van der Waals surface area contributed by atoms with Crippen molar-refractivity contribution < 1.29 is 14.3 Å². The first-order valence-electron chi connectivity index (χ1n) is 10.3. The van der Waals surface area contributed by atoms with Crippen LogP contribution in [0.25, 0.3) is 0 Å². The van der Waals surface area contributed by atoms with Crippen molar-refractivity contribution in [3.63, 3.8) is 0 Å². The summed E-state index contributed by atoms with van der Waals surface area (Å²) in [5.74, 6) is 0.526. The zero-order chi connectivity index (χ0) is 19.9. The first-order valence-corrected chi connectivity index (χ1v) is 10.3. The number of nitrogens with one attached hydrogen (secondary N) is 2. The Morgan fingerprint density at radius 2 is 1.89 bits per heavy atom. The zero-order valence-corrected chi connectivity index (χ0v) is 16.9. The van der Waals surface area contributed by atoms with E-state index in [1.165, 1.54) is 12.0 Å². The maximum Gasteiger partial charge on any atom is 0.260 e. The van der Waals surface area contributed by atoms with Crippen LogP contribution in [0.1, 0.15) is 49.9 Å². The van der Waals surface area contributed by atoms with Crippen LogP contribution in [0.4, 0.5) is 0 Å². The summed E-state index contributed by atoms with van der Waals surface area (Å²) in [6.45, 7) is 6.63. The summed E-state index contributed by atoms with van der Waals surface area (Å²) >= 11 is 0. The van der Waals surface area contributed by atoms with E-state index in [-0.39, 0.29) is 30.5 Å². The second-order valence-corrected chi connectivity index (χ2v) is 7.74. The Bertz CT molecular complexity index is 704. The Balaban J connectivity index is 1.47. The molecule has 0 aliphatic carbocycles. The number of piperidine rings is 1. The van der Waals surface area contributed by atoms with E-state index in [2.05, 4.69) is 30.6 Å². The number of rotatable bonds is 6. The van der Waals surface area contributed by atoms with Crippen molar-refractivity contribution in [3.8, 4) is 5.75 Å². The summed E-state index contributed by atoms with van der Waals surface area (Å²) in [4.78, 5) is 26.8. The largest absolute Gasteiger partial charge is 0.484 e. The van der Waals surface area contributed by atoms with Crippen LogP contribution in [-0.2, 0) is 4.79 Å². The van der Waals surface area contributed by atoms with Gasteiger partial charge < -0.3 is 20.3 Å². The van der Waals surface area contributed by atoms with Gasteiger partial charge in [0.15, 0.2) is 6.61 Å². The van der Waals surface area contributed by atoms with Gasteiger partial charge in [-0.3, -0.25) is 9.59 Å². The monoisotopic (exact) mass is 385 g/mol. The smallest absolute Gasteiger partial charge is 0.260 e. The minimum absolute atomic E-state index is 0.0248. The topological polar surface area (TPSA) is 70.7 Å². The zero-order valence-electron chi connectivity index (χ0n) is 16.9. The van der Waals surface area contributed by atoms with Crippen LogP contribution in [0, 0.1) is 0 Å². The SMILES string of the molecule is CC1CCCC(C)N1C(=O)COc1ccc(C(=O)NCC2=CCNCC2)cc1. The third-order valence-corrected chi connectivity index (χ3v) is 5.59. The number of hydrogen-bond acceptors (Lipinski definition) is 4. The lowest BCUT2D eigenvalue weighted by atomic mass is 9.97. The molecule has 0 radical (unpaired) electrons. The number of carbonyl (C=O) groups is 2. The molecule has 1 aromatic rings. The van der Waals surface area contributed by atoms with Crippen molar-refractivity contribution in [2.75, 3.05) is 26.2 Å². The second-order valence-electron chi connectivity index (χ2n) is 7.74. The molecule has 2 heterocycles. The molecule has 0 saturated carbocycles. The molecule has 1 saturated heterocycles. The lowest BCUT2D eigenvalue weighted by Crippen LogP contribution is -2.49. The molecule has 1 fully saturated rings. The Kier molecular flexibility index (Phi) is 7.09. The molecule has 6 heteroatoms. The Morgan fingerprint density at radius 3 is 2.54 bits per heavy atom. The van der Waals surface area contributed by atoms with Crippen molar-refractivity contribution in [3.05, 3.63) is 41.5 Å². The third-order valence-electron chi connectivity index (χ3n) is 5.59. The second kappa shape index (κ2) is 9.73. The molecule has 28 heavy (non-hydrogen) atoms. The lowest BCUT2D eigenvalue weighted by Gasteiger charge is -2.38. The van der Waals surface area contributed by atoms with Crippen LogP contribution in [0.3, 0.4) is 0 Å². The number of carbonyl (C=O) groups excluding carboxylic acids is 2. The average Bonchev–Trinajstić information content (AvgIpc) is 2.71. The average molecular weight is 386 g/mol. The van der Waals surface area contributed by atoms with Crippen molar-refractivity contribution >= 4 is 11.8 Å². The van der Waals surface area contributed by atoms with Crippen LogP contribution in [0.5, 0.6) is 5.75 Å². The van der Waals surface area contributed by atoms with E-state index in [1.54, 1.807) is 24.3 Å². The van der Waals surface area contributed by atoms with Gasteiger partial charge in [0, 0.05) is 30.7 Å². The van der Waals surface area contributed by atoms with E-state index in [0.29, 0.717) is 17.9 Å². The summed E-state index contributed by atoms with van der Waals surface area (Å²) in [6.07, 6.45) is 6.36. The molecule has 1 aromatic carbocycles. The van der Waals surface area contributed by atoms with Gasteiger partial charge in [-0.25, -0.2) is 0 Å². The molecule has 2 aliphatic rings. The molecule has 152 valence electrons. The molecular formula is C22H31N3O3. The van der Waals surface area contributed by atoms with E-state index in [4.69, 9.17) is 4.74 Å². The van der Waals surface area contributed by atoms with E-state index < -0.39 is 0 Å². The lowest BCUT2D eigenvalue weighted by molar-refractivity contribution is -0.139. The highest BCUT2D eigenvalue weighted by Crippen LogP contribution is 2.23. The van der Waals surface area contributed by atoms with E-state index in [0.717, 1.165) is 32.4 Å². The molecule has 2 unspecified atom stereocenters. The molecule has 6 nitrogen and oxygen atoms in total. The first-order chi connectivity index (χ1) is 13.5. The standard InChI is InChI=1S/C22H31N3O3/c1-16-4-3-5-17(2)25(16)21(26)15-28-20-8-6-19(7-9-20)22(27)24-14-18-10-12-23-13-11-18/h6-10,16-17,23H,3-5,11-15H2,1-2H3,(H,24,27). The van der Waals surface area contributed by atoms with Crippen molar-refractivity contribution in [2.45, 2.75) is 51.6 Å². The highest BCUT2D eigenvalue weighted by atomic mass is 16.5. The predicted molar refractivity (Wildman–Crippen MR) is 109 cm³/mol. The van der Waals surface area contributed by atoms with E-state index in [1.807, 2.05) is 4.90 Å². The number of amides is 2. The fraction of sp³-hybridized carbons (Fsp3) is 0.545. The number of nitrogens with zero attached hydrogens (tertiary/aromatic N) is 1. The summed E-state index contributed by atoms with van der Waals surface area (Å²) in [5.41, 5.74) is 1.85. The van der Waals surface area contributed by atoms with Crippen molar-refractivity contribution in [2.24, 2.45) is 0 Å². The first kappa shape index (κ1) is 20.4. The van der Waals surface area contributed by atoms with Gasteiger partial charge in [0.25, 0.3) is 11.8 Å².